The monoisotopic (exact) mass is 485 g/mol. The van der Waals surface area contributed by atoms with Gasteiger partial charge >= 0.3 is 0 Å². The van der Waals surface area contributed by atoms with Gasteiger partial charge < -0.3 is 15.5 Å². The van der Waals surface area contributed by atoms with Crippen LogP contribution in [0.15, 0.2) is 35.3 Å². The molecular weight excluding hydrogens is 449 g/mol. The number of hydrogen-bond donors (Lipinski definition) is 2. The molecule has 2 N–H and O–H groups in total. The van der Waals surface area contributed by atoms with Gasteiger partial charge in [-0.2, -0.15) is 0 Å². The number of likely N-dealkylation sites (N-methyl/N-ethyl adjacent to an activating group) is 1. The van der Waals surface area contributed by atoms with E-state index in [1.807, 2.05) is 0 Å². The van der Waals surface area contributed by atoms with E-state index in [0.29, 0.717) is 0 Å². The molecule has 2 fully saturated rings. The molecule has 1 heterocycles. The molecule has 1 saturated carbocycles. The minimum Gasteiger partial charge on any atom is -0.357 e. The molecule has 1 aromatic carbocycles. The van der Waals surface area contributed by atoms with Gasteiger partial charge in [-0.3, -0.25) is 9.89 Å². The lowest BCUT2D eigenvalue weighted by atomic mass is 9.96. The van der Waals surface area contributed by atoms with Crippen molar-refractivity contribution in [2.75, 3.05) is 58.9 Å². The smallest absolute Gasteiger partial charge is 0.191 e. The Morgan fingerprint density at radius 2 is 1.67 bits per heavy atom. The van der Waals surface area contributed by atoms with Gasteiger partial charge in [0.2, 0.25) is 0 Å². The molecular formula is C21H36IN5. The van der Waals surface area contributed by atoms with Crippen LogP contribution in [-0.2, 0) is 5.41 Å². The van der Waals surface area contributed by atoms with E-state index in [1.54, 1.807) is 0 Å². The van der Waals surface area contributed by atoms with Gasteiger partial charge in [-0.15, -0.1) is 24.0 Å². The molecule has 0 radical (unpaired) electrons. The fourth-order valence-electron chi connectivity index (χ4n) is 3.71. The summed E-state index contributed by atoms with van der Waals surface area (Å²) in [6.45, 7) is 14.1. The van der Waals surface area contributed by atoms with Crippen LogP contribution in [-0.4, -0.2) is 74.7 Å². The zero-order chi connectivity index (χ0) is 18.2. The summed E-state index contributed by atoms with van der Waals surface area (Å²) >= 11 is 0. The van der Waals surface area contributed by atoms with Crippen LogP contribution < -0.4 is 10.6 Å². The van der Waals surface area contributed by atoms with Crippen molar-refractivity contribution in [1.82, 2.24) is 20.4 Å². The molecule has 2 aliphatic rings. The van der Waals surface area contributed by atoms with Gasteiger partial charge in [0.1, 0.15) is 0 Å². The number of nitrogens with zero attached hydrogens (tertiary/aromatic N) is 3. The maximum atomic E-state index is 4.90. The zero-order valence-electron chi connectivity index (χ0n) is 16.9. The molecule has 1 saturated heterocycles. The molecule has 0 spiro atoms. The summed E-state index contributed by atoms with van der Waals surface area (Å²) in [7, 11) is 0. The molecule has 5 nitrogen and oxygen atoms in total. The third-order valence-electron chi connectivity index (χ3n) is 5.76. The van der Waals surface area contributed by atoms with E-state index in [9.17, 15) is 0 Å². The lowest BCUT2D eigenvalue weighted by molar-refractivity contribution is 0.139. The molecule has 1 aliphatic heterocycles. The lowest BCUT2D eigenvalue weighted by Gasteiger charge is -2.34. The fourth-order valence-corrected chi connectivity index (χ4v) is 3.71. The van der Waals surface area contributed by atoms with Crippen molar-refractivity contribution in [3.05, 3.63) is 35.9 Å². The second-order valence-electron chi connectivity index (χ2n) is 7.54. The van der Waals surface area contributed by atoms with Crippen molar-refractivity contribution in [3.63, 3.8) is 0 Å². The molecule has 1 aliphatic carbocycles. The van der Waals surface area contributed by atoms with Gasteiger partial charge in [0.25, 0.3) is 0 Å². The van der Waals surface area contributed by atoms with Crippen LogP contribution >= 0.6 is 24.0 Å². The average Bonchev–Trinajstić information content (AvgIpc) is 3.48. The third kappa shape index (κ3) is 6.61. The van der Waals surface area contributed by atoms with E-state index < -0.39 is 0 Å². The molecule has 0 amide bonds. The Hall–Kier alpha value is -0.860. The fraction of sp³-hybridized carbons (Fsp3) is 0.667. The van der Waals surface area contributed by atoms with Crippen LogP contribution in [0.1, 0.15) is 32.3 Å². The summed E-state index contributed by atoms with van der Waals surface area (Å²) in [5.74, 6) is 0.960. The van der Waals surface area contributed by atoms with E-state index >= 15 is 0 Å². The third-order valence-corrected chi connectivity index (χ3v) is 5.76. The largest absolute Gasteiger partial charge is 0.357 e. The van der Waals surface area contributed by atoms with Crippen molar-refractivity contribution in [1.29, 1.82) is 0 Å². The first kappa shape index (κ1) is 22.4. The van der Waals surface area contributed by atoms with Crippen LogP contribution in [0.3, 0.4) is 0 Å². The molecule has 27 heavy (non-hydrogen) atoms. The van der Waals surface area contributed by atoms with Crippen LogP contribution in [0.4, 0.5) is 0 Å². The maximum absolute atomic E-state index is 4.90. The van der Waals surface area contributed by atoms with Crippen LogP contribution in [0.25, 0.3) is 0 Å². The number of benzene rings is 1. The topological polar surface area (TPSA) is 42.9 Å². The summed E-state index contributed by atoms with van der Waals surface area (Å²) < 4.78 is 0. The summed E-state index contributed by atoms with van der Waals surface area (Å²) in [6, 6.07) is 10.9. The van der Waals surface area contributed by atoms with Crippen molar-refractivity contribution in [2.45, 2.75) is 32.1 Å². The summed E-state index contributed by atoms with van der Waals surface area (Å²) in [4.78, 5) is 9.97. The quantitative estimate of drug-likeness (QED) is 0.338. The molecule has 1 aromatic rings. The number of hydrogen-bond acceptors (Lipinski definition) is 3. The van der Waals surface area contributed by atoms with Gasteiger partial charge in [-0.1, -0.05) is 37.3 Å². The highest BCUT2D eigenvalue weighted by atomic mass is 127. The first-order valence-corrected chi connectivity index (χ1v) is 10.3. The number of piperazine rings is 1. The second-order valence-corrected chi connectivity index (χ2v) is 7.54. The van der Waals surface area contributed by atoms with E-state index in [0.717, 1.165) is 32.1 Å². The zero-order valence-corrected chi connectivity index (χ0v) is 19.2. The van der Waals surface area contributed by atoms with Gasteiger partial charge in [-0.05, 0) is 31.9 Å². The molecule has 0 bridgehead atoms. The Bertz CT molecular complexity index is 565. The van der Waals surface area contributed by atoms with Crippen molar-refractivity contribution < 1.29 is 0 Å². The summed E-state index contributed by atoms with van der Waals surface area (Å²) in [5.41, 5.74) is 1.72. The van der Waals surface area contributed by atoms with Gasteiger partial charge in [-0.25, -0.2) is 0 Å². The second kappa shape index (κ2) is 11.2. The van der Waals surface area contributed by atoms with E-state index in [-0.39, 0.29) is 29.4 Å². The molecule has 0 aromatic heterocycles. The van der Waals surface area contributed by atoms with Crippen molar-refractivity contribution >= 4 is 29.9 Å². The summed E-state index contributed by atoms with van der Waals surface area (Å²) in [6.07, 6.45) is 2.50. The Morgan fingerprint density at radius 1 is 1.00 bits per heavy atom. The molecule has 3 rings (SSSR count). The molecule has 0 unspecified atom stereocenters. The Labute approximate surface area is 182 Å². The lowest BCUT2D eigenvalue weighted by Crippen LogP contribution is -2.49. The number of rotatable bonds is 8. The Morgan fingerprint density at radius 3 is 2.26 bits per heavy atom. The van der Waals surface area contributed by atoms with E-state index in [1.165, 1.54) is 51.1 Å². The van der Waals surface area contributed by atoms with Crippen LogP contribution in [0.2, 0.25) is 0 Å². The first-order valence-electron chi connectivity index (χ1n) is 10.3. The van der Waals surface area contributed by atoms with Crippen molar-refractivity contribution in [3.8, 4) is 0 Å². The first-order chi connectivity index (χ1) is 12.8. The maximum Gasteiger partial charge on any atom is 0.191 e. The highest BCUT2D eigenvalue weighted by molar-refractivity contribution is 14.0. The van der Waals surface area contributed by atoms with E-state index in [4.69, 9.17) is 4.99 Å². The molecule has 6 heteroatoms. The van der Waals surface area contributed by atoms with Crippen molar-refractivity contribution in [2.24, 2.45) is 4.99 Å². The highest BCUT2D eigenvalue weighted by Gasteiger charge is 2.43. The number of halogens is 1. The van der Waals surface area contributed by atoms with Gasteiger partial charge in [0, 0.05) is 51.2 Å². The van der Waals surface area contributed by atoms with Gasteiger partial charge in [0.05, 0.1) is 6.54 Å². The SMILES string of the molecule is CCNC(=NCC1(c2ccccc2)CC1)NCCN1CCN(CC)CC1.I. The Balaban J connectivity index is 0.00000261. The predicted octanol–water partition coefficient (Wildman–Crippen LogP) is 2.53. The normalized spacial score (nSPS) is 20.0. The van der Waals surface area contributed by atoms with E-state index in [2.05, 4.69) is 64.6 Å². The minimum atomic E-state index is 0. The highest BCUT2D eigenvalue weighted by Crippen LogP contribution is 2.48. The number of aliphatic imine (C=N–C) groups is 1. The van der Waals surface area contributed by atoms with Crippen LogP contribution in [0, 0.1) is 0 Å². The standard InChI is InChI=1S/C21H35N5.HI/c1-3-22-20(23-12-13-26-16-14-25(4-2)15-17-26)24-18-21(10-11-21)19-8-6-5-7-9-19;/h5-9H,3-4,10-18H2,1-2H3,(H2,22,23,24);1H. The minimum absolute atomic E-state index is 0. The number of guanidine groups is 1. The van der Waals surface area contributed by atoms with Crippen LogP contribution in [0.5, 0.6) is 0 Å². The average molecular weight is 485 g/mol. The van der Waals surface area contributed by atoms with Gasteiger partial charge in [0.15, 0.2) is 5.96 Å². The number of nitrogens with one attached hydrogen (secondary N) is 2. The molecule has 0 atom stereocenters. The predicted molar refractivity (Wildman–Crippen MR) is 125 cm³/mol. The molecule has 152 valence electrons. The summed E-state index contributed by atoms with van der Waals surface area (Å²) in [5, 5.41) is 6.93. The Kier molecular flexibility index (Phi) is 9.32.